The predicted molar refractivity (Wildman–Crippen MR) is 129 cm³/mol. The Morgan fingerprint density at radius 3 is 2.58 bits per heavy atom. The van der Waals surface area contributed by atoms with Crippen molar-refractivity contribution in [3.8, 4) is 22.5 Å². The van der Waals surface area contributed by atoms with Gasteiger partial charge in [0.25, 0.3) is 0 Å². The smallest absolute Gasteiger partial charge is 0.148 e. The molecule has 0 amide bonds. The molecule has 1 saturated heterocycles. The average molecular weight is 442 g/mol. The minimum Gasteiger partial charge on any atom is -0.410 e. The van der Waals surface area contributed by atoms with Crippen LogP contribution in [0.15, 0.2) is 59.8 Å². The topological polar surface area (TPSA) is 67.8 Å². The number of aromatic amines is 1. The van der Waals surface area contributed by atoms with Crippen molar-refractivity contribution in [2.45, 2.75) is 6.42 Å². The molecule has 1 aliphatic heterocycles. The summed E-state index contributed by atoms with van der Waals surface area (Å²) < 4.78 is 15.1. The number of aromatic nitrogens is 2. The van der Waals surface area contributed by atoms with Crippen LogP contribution in [0.5, 0.6) is 0 Å². The maximum atomic E-state index is 15.1. The Bertz CT molecular complexity index is 1410. The third kappa shape index (κ3) is 3.19. The van der Waals surface area contributed by atoms with Crippen molar-refractivity contribution in [1.29, 1.82) is 0 Å². The van der Waals surface area contributed by atoms with Crippen LogP contribution in [0, 0.1) is 5.82 Å². The van der Waals surface area contributed by atoms with E-state index < -0.39 is 0 Å². The third-order valence-electron chi connectivity index (χ3n) is 6.74. The number of nitrogens with zero attached hydrogens (tertiary/aromatic N) is 4. The first-order valence-electron chi connectivity index (χ1n) is 11.2. The van der Waals surface area contributed by atoms with Gasteiger partial charge in [0.05, 0.1) is 16.7 Å². The van der Waals surface area contributed by atoms with Crippen molar-refractivity contribution in [3.63, 3.8) is 0 Å². The molecule has 33 heavy (non-hydrogen) atoms. The predicted octanol–water partition coefficient (Wildman–Crippen LogP) is 4.72. The van der Waals surface area contributed by atoms with Gasteiger partial charge in [-0.05, 0) is 31.6 Å². The third-order valence-corrected chi connectivity index (χ3v) is 6.74. The molecule has 166 valence electrons. The van der Waals surface area contributed by atoms with Crippen molar-refractivity contribution >= 4 is 22.4 Å². The molecular formula is C26H24FN5O. The molecule has 1 aliphatic carbocycles. The standard InChI is InChI=1S/C26H24FN5O/c1-31-10-5-11-32(13-12-31)23-15-22-21(14-20(23)27)28-26(29-22)19-9-4-8-18-24(19)16-6-2-3-7-17(16)25(18)30-33/h2-4,6-9,14-15,33H,5,10-13H2,1H3,(H,28,29)/b30-25+. The molecule has 2 N–H and O–H groups in total. The Kier molecular flexibility index (Phi) is 4.66. The summed E-state index contributed by atoms with van der Waals surface area (Å²) in [6.07, 6.45) is 1.01. The Morgan fingerprint density at radius 2 is 1.73 bits per heavy atom. The number of halogens is 1. The van der Waals surface area contributed by atoms with Gasteiger partial charge in [-0.25, -0.2) is 9.37 Å². The molecule has 4 aromatic rings. The molecule has 3 aromatic carbocycles. The van der Waals surface area contributed by atoms with Crippen molar-refractivity contribution in [2.75, 3.05) is 38.1 Å². The summed E-state index contributed by atoms with van der Waals surface area (Å²) in [5.74, 6) is 0.423. The van der Waals surface area contributed by atoms with Gasteiger partial charge in [0.15, 0.2) is 0 Å². The lowest BCUT2D eigenvalue weighted by Crippen LogP contribution is -2.29. The van der Waals surface area contributed by atoms with Crippen LogP contribution in [0.4, 0.5) is 10.1 Å². The number of fused-ring (bicyclic) bond motifs is 4. The van der Waals surface area contributed by atoms with Crippen LogP contribution in [0.3, 0.4) is 0 Å². The maximum absolute atomic E-state index is 15.1. The molecule has 0 bridgehead atoms. The second-order valence-corrected chi connectivity index (χ2v) is 8.77. The second kappa shape index (κ2) is 7.71. The summed E-state index contributed by atoms with van der Waals surface area (Å²) >= 11 is 0. The first-order chi connectivity index (χ1) is 16.1. The van der Waals surface area contributed by atoms with Crippen LogP contribution in [0.2, 0.25) is 0 Å². The Hall–Kier alpha value is -3.71. The van der Waals surface area contributed by atoms with E-state index in [1.165, 1.54) is 6.07 Å². The Morgan fingerprint density at radius 1 is 0.939 bits per heavy atom. The van der Waals surface area contributed by atoms with Gasteiger partial charge in [-0.3, -0.25) is 0 Å². The van der Waals surface area contributed by atoms with E-state index in [9.17, 15) is 5.21 Å². The minimum atomic E-state index is -0.247. The fraction of sp³-hybridized carbons (Fsp3) is 0.231. The molecule has 1 fully saturated rings. The monoisotopic (exact) mass is 441 g/mol. The molecule has 6 rings (SSSR count). The van der Waals surface area contributed by atoms with E-state index in [-0.39, 0.29) is 5.82 Å². The molecule has 1 aromatic heterocycles. The second-order valence-electron chi connectivity index (χ2n) is 8.77. The van der Waals surface area contributed by atoms with E-state index in [1.807, 2.05) is 48.5 Å². The quantitative estimate of drug-likeness (QED) is 0.307. The van der Waals surface area contributed by atoms with Gasteiger partial charge >= 0.3 is 0 Å². The Labute approximate surface area is 191 Å². The van der Waals surface area contributed by atoms with E-state index in [1.54, 1.807) is 0 Å². The normalized spacial score (nSPS) is 17.4. The van der Waals surface area contributed by atoms with Gasteiger partial charge in [-0.1, -0.05) is 47.6 Å². The van der Waals surface area contributed by atoms with Gasteiger partial charge in [0.1, 0.15) is 17.4 Å². The molecule has 7 heteroatoms. The summed E-state index contributed by atoms with van der Waals surface area (Å²) in [5, 5.41) is 13.2. The van der Waals surface area contributed by atoms with E-state index in [0.717, 1.165) is 65.9 Å². The number of hydrogen-bond acceptors (Lipinski definition) is 5. The molecule has 0 atom stereocenters. The molecule has 6 nitrogen and oxygen atoms in total. The number of hydrogen-bond donors (Lipinski definition) is 2. The van der Waals surface area contributed by atoms with Crippen molar-refractivity contribution in [2.24, 2.45) is 5.16 Å². The zero-order valence-electron chi connectivity index (χ0n) is 18.3. The highest BCUT2D eigenvalue weighted by molar-refractivity contribution is 6.26. The fourth-order valence-corrected chi connectivity index (χ4v) is 5.07. The van der Waals surface area contributed by atoms with Crippen LogP contribution in [0.25, 0.3) is 33.5 Å². The molecule has 0 saturated carbocycles. The van der Waals surface area contributed by atoms with E-state index in [0.29, 0.717) is 22.7 Å². The highest BCUT2D eigenvalue weighted by Crippen LogP contribution is 2.43. The zero-order chi connectivity index (χ0) is 22.5. The van der Waals surface area contributed by atoms with Gasteiger partial charge in [-0.2, -0.15) is 0 Å². The minimum absolute atomic E-state index is 0.247. The van der Waals surface area contributed by atoms with E-state index in [2.05, 4.69) is 27.0 Å². The van der Waals surface area contributed by atoms with Crippen molar-refractivity contribution in [3.05, 3.63) is 71.5 Å². The molecule has 0 unspecified atom stereocenters. The molecule has 0 spiro atoms. The highest BCUT2D eigenvalue weighted by atomic mass is 19.1. The van der Waals surface area contributed by atoms with Crippen LogP contribution >= 0.6 is 0 Å². The number of H-pyrrole nitrogens is 1. The number of benzene rings is 3. The number of imidazole rings is 1. The van der Waals surface area contributed by atoms with Gasteiger partial charge in [0.2, 0.25) is 0 Å². The fourth-order valence-electron chi connectivity index (χ4n) is 5.07. The maximum Gasteiger partial charge on any atom is 0.148 e. The van der Waals surface area contributed by atoms with E-state index >= 15 is 4.39 Å². The number of anilines is 1. The van der Waals surface area contributed by atoms with Crippen LogP contribution < -0.4 is 4.90 Å². The highest BCUT2D eigenvalue weighted by Gasteiger charge is 2.28. The summed E-state index contributed by atoms with van der Waals surface area (Å²) in [4.78, 5) is 12.6. The van der Waals surface area contributed by atoms with Crippen molar-refractivity contribution < 1.29 is 9.60 Å². The lowest BCUT2D eigenvalue weighted by atomic mass is 9.99. The summed E-state index contributed by atoms with van der Waals surface area (Å²) in [5.41, 5.74) is 7.18. The summed E-state index contributed by atoms with van der Waals surface area (Å²) in [6, 6.07) is 17.2. The number of oxime groups is 1. The summed E-state index contributed by atoms with van der Waals surface area (Å²) in [6.45, 7) is 3.57. The van der Waals surface area contributed by atoms with Crippen LogP contribution in [-0.4, -0.2) is 59.0 Å². The first-order valence-corrected chi connectivity index (χ1v) is 11.2. The van der Waals surface area contributed by atoms with Gasteiger partial charge < -0.3 is 20.0 Å². The largest absolute Gasteiger partial charge is 0.410 e. The lowest BCUT2D eigenvalue weighted by Gasteiger charge is -2.23. The Balaban J connectivity index is 1.47. The SMILES string of the molecule is CN1CCCN(c2cc3[nH]c(-c4cccc5c4-c4ccccc4/C5=N\O)nc3cc2F)CC1. The van der Waals surface area contributed by atoms with Gasteiger partial charge in [-0.15, -0.1) is 0 Å². The average Bonchev–Trinajstić information content (AvgIpc) is 3.31. The molecule has 2 aliphatic rings. The molecular weight excluding hydrogens is 417 g/mol. The molecule has 0 radical (unpaired) electrons. The lowest BCUT2D eigenvalue weighted by molar-refractivity contribution is 0.320. The van der Waals surface area contributed by atoms with Crippen LogP contribution in [0.1, 0.15) is 17.5 Å². The number of nitrogens with one attached hydrogen (secondary N) is 1. The summed E-state index contributed by atoms with van der Waals surface area (Å²) in [7, 11) is 2.10. The number of rotatable bonds is 2. The number of likely N-dealkylation sites (N-methyl/N-ethyl adjacent to an activating group) is 1. The zero-order valence-corrected chi connectivity index (χ0v) is 18.3. The van der Waals surface area contributed by atoms with Gasteiger partial charge in [0, 0.05) is 48.0 Å². The molecule has 2 heterocycles. The van der Waals surface area contributed by atoms with E-state index in [4.69, 9.17) is 4.98 Å². The van der Waals surface area contributed by atoms with Crippen molar-refractivity contribution in [1.82, 2.24) is 14.9 Å². The van der Waals surface area contributed by atoms with Crippen LogP contribution in [-0.2, 0) is 0 Å². The first kappa shape index (κ1) is 19.9.